The second-order valence-electron chi connectivity index (χ2n) is 4.77. The van der Waals surface area contributed by atoms with Gasteiger partial charge in [0, 0.05) is 29.7 Å². The van der Waals surface area contributed by atoms with Gasteiger partial charge in [-0.05, 0) is 18.2 Å². The maximum absolute atomic E-state index is 6.15. The zero-order chi connectivity index (χ0) is 12.8. The summed E-state index contributed by atoms with van der Waals surface area (Å²) in [6.45, 7) is 0. The molecule has 0 saturated carbocycles. The second-order valence-corrected chi connectivity index (χ2v) is 4.77. The number of hydrogen-bond donors (Lipinski definition) is 1. The van der Waals surface area contributed by atoms with Gasteiger partial charge in [-0.1, -0.05) is 24.3 Å². The molecule has 4 rings (SSSR count). The largest absolute Gasteiger partial charge is 0.398 e. The predicted molar refractivity (Wildman–Crippen MR) is 79.0 cm³/mol. The minimum absolute atomic E-state index is 0.825. The summed E-state index contributed by atoms with van der Waals surface area (Å²) in [5.74, 6) is 0. The van der Waals surface area contributed by atoms with Gasteiger partial charge in [0.1, 0.15) is 0 Å². The zero-order valence-corrected chi connectivity index (χ0v) is 10.4. The van der Waals surface area contributed by atoms with Crippen molar-refractivity contribution in [1.29, 1.82) is 0 Å². The Morgan fingerprint density at radius 2 is 1.47 bits per heavy atom. The highest BCUT2D eigenvalue weighted by Gasteiger charge is 2.14. The van der Waals surface area contributed by atoms with E-state index in [0.717, 1.165) is 22.1 Å². The lowest BCUT2D eigenvalue weighted by Crippen LogP contribution is -2.24. The van der Waals surface area contributed by atoms with E-state index in [1.165, 1.54) is 10.9 Å². The second kappa shape index (κ2) is 3.69. The molecule has 0 amide bonds. The van der Waals surface area contributed by atoms with E-state index in [1.54, 1.807) is 0 Å². The third-order valence-corrected chi connectivity index (χ3v) is 3.63. The molecule has 0 atom stereocenters. The number of hydrogen-bond acceptors (Lipinski definition) is 1. The van der Waals surface area contributed by atoms with Crippen molar-refractivity contribution in [3.05, 3.63) is 66.7 Å². The number of nitrogens with zero attached hydrogens (tertiary/aromatic N) is 1. The first-order valence-electron chi connectivity index (χ1n) is 6.35. The first-order valence-corrected chi connectivity index (χ1v) is 6.35. The number of rotatable bonds is 0. The van der Waals surface area contributed by atoms with Crippen LogP contribution in [-0.2, 0) is 0 Å². The third-order valence-electron chi connectivity index (χ3n) is 3.63. The fourth-order valence-corrected chi connectivity index (χ4v) is 2.75. The molecule has 4 aromatic rings. The van der Waals surface area contributed by atoms with Crippen molar-refractivity contribution in [2.45, 2.75) is 0 Å². The molecule has 90 valence electrons. The van der Waals surface area contributed by atoms with Crippen molar-refractivity contribution in [3.8, 4) is 0 Å². The van der Waals surface area contributed by atoms with Crippen molar-refractivity contribution >= 4 is 33.0 Å². The molecule has 2 nitrogen and oxygen atoms in total. The molecule has 0 aliphatic carbocycles. The predicted octanol–water partition coefficient (Wildman–Crippen LogP) is 3.31. The quantitative estimate of drug-likeness (QED) is 0.374. The van der Waals surface area contributed by atoms with Crippen molar-refractivity contribution in [1.82, 2.24) is 0 Å². The van der Waals surface area contributed by atoms with Crippen LogP contribution in [0, 0.1) is 0 Å². The van der Waals surface area contributed by atoms with Crippen molar-refractivity contribution in [2.75, 3.05) is 5.73 Å². The van der Waals surface area contributed by atoms with Gasteiger partial charge in [-0.3, -0.25) is 0 Å². The number of nitrogen functional groups attached to an aromatic ring is 1. The fraction of sp³-hybridized carbons (Fsp3) is 0. The van der Waals surface area contributed by atoms with Crippen LogP contribution in [0.25, 0.3) is 27.3 Å². The summed E-state index contributed by atoms with van der Waals surface area (Å²) >= 11 is 0. The smallest absolute Gasteiger partial charge is 0.221 e. The van der Waals surface area contributed by atoms with Gasteiger partial charge >= 0.3 is 0 Å². The maximum Gasteiger partial charge on any atom is 0.221 e. The third kappa shape index (κ3) is 1.40. The number of fused-ring (bicyclic) bond motifs is 5. The molecule has 2 heteroatoms. The standard InChI is InChI=1S/C17H12N2/c18-15-11-13-10-9-12-5-1-3-7-16(12)19(13)17-8-4-2-6-14(15)17/h1-11,18H/p+1. The fourth-order valence-electron chi connectivity index (χ4n) is 2.75. The summed E-state index contributed by atoms with van der Waals surface area (Å²) < 4.78 is 2.26. The van der Waals surface area contributed by atoms with Crippen LogP contribution in [0.3, 0.4) is 0 Å². The van der Waals surface area contributed by atoms with Gasteiger partial charge in [-0.25, -0.2) is 0 Å². The van der Waals surface area contributed by atoms with E-state index in [4.69, 9.17) is 5.73 Å². The first-order chi connectivity index (χ1) is 9.34. The first kappa shape index (κ1) is 10.3. The van der Waals surface area contributed by atoms with Crippen LogP contribution >= 0.6 is 0 Å². The van der Waals surface area contributed by atoms with E-state index in [2.05, 4.69) is 59.0 Å². The molecule has 2 heterocycles. The lowest BCUT2D eigenvalue weighted by Gasteiger charge is -2.03. The van der Waals surface area contributed by atoms with E-state index >= 15 is 0 Å². The molecule has 0 saturated heterocycles. The Hall–Kier alpha value is -2.61. The summed E-state index contributed by atoms with van der Waals surface area (Å²) in [5.41, 5.74) is 10.5. The Morgan fingerprint density at radius 3 is 2.37 bits per heavy atom. The van der Waals surface area contributed by atoms with Gasteiger partial charge in [-0.2, -0.15) is 4.40 Å². The van der Waals surface area contributed by atoms with E-state index < -0.39 is 0 Å². The maximum atomic E-state index is 6.15. The number of pyridine rings is 2. The Bertz CT molecular complexity index is 926. The molecule has 0 aliphatic rings. The monoisotopic (exact) mass is 245 g/mol. The highest BCUT2D eigenvalue weighted by atomic mass is 14.9. The van der Waals surface area contributed by atoms with E-state index in [9.17, 15) is 0 Å². The van der Waals surface area contributed by atoms with Crippen LogP contribution in [-0.4, -0.2) is 0 Å². The van der Waals surface area contributed by atoms with Crippen LogP contribution in [0.15, 0.2) is 66.7 Å². The molecule has 0 radical (unpaired) electrons. The summed E-state index contributed by atoms with van der Waals surface area (Å²) in [6.07, 6.45) is 0. The van der Waals surface area contributed by atoms with Gasteiger partial charge in [0.25, 0.3) is 0 Å². The minimum Gasteiger partial charge on any atom is -0.398 e. The van der Waals surface area contributed by atoms with Crippen LogP contribution in [0.4, 0.5) is 5.69 Å². The number of para-hydroxylation sites is 2. The van der Waals surface area contributed by atoms with E-state index in [0.29, 0.717) is 0 Å². The number of benzene rings is 2. The Morgan fingerprint density at radius 1 is 0.737 bits per heavy atom. The molecular weight excluding hydrogens is 232 g/mol. The average Bonchev–Trinajstić information content (AvgIpc) is 2.47. The molecule has 0 bridgehead atoms. The van der Waals surface area contributed by atoms with Gasteiger partial charge in [0.15, 0.2) is 0 Å². The lowest BCUT2D eigenvalue weighted by molar-refractivity contribution is -0.450. The number of nitrogens with two attached hydrogens (primary N) is 1. The topological polar surface area (TPSA) is 30.1 Å². The summed E-state index contributed by atoms with van der Waals surface area (Å²) in [7, 11) is 0. The normalized spacial score (nSPS) is 11.4. The molecule has 0 spiro atoms. The molecule has 2 aromatic carbocycles. The molecule has 19 heavy (non-hydrogen) atoms. The van der Waals surface area contributed by atoms with Crippen molar-refractivity contribution in [2.24, 2.45) is 0 Å². The van der Waals surface area contributed by atoms with Crippen LogP contribution < -0.4 is 10.1 Å². The van der Waals surface area contributed by atoms with Crippen LogP contribution in [0.5, 0.6) is 0 Å². The molecule has 0 unspecified atom stereocenters. The average molecular weight is 245 g/mol. The van der Waals surface area contributed by atoms with Crippen molar-refractivity contribution in [3.63, 3.8) is 0 Å². The zero-order valence-electron chi connectivity index (χ0n) is 10.4. The molecule has 0 aliphatic heterocycles. The van der Waals surface area contributed by atoms with E-state index in [1.807, 2.05) is 12.1 Å². The summed E-state index contributed by atoms with van der Waals surface area (Å²) in [6, 6.07) is 23.0. The minimum atomic E-state index is 0.825. The Kier molecular flexibility index (Phi) is 2.00. The highest BCUT2D eigenvalue weighted by molar-refractivity contribution is 5.91. The molecule has 0 fully saturated rings. The number of anilines is 1. The molecular formula is C17H13N2+. The number of aromatic nitrogens is 1. The van der Waals surface area contributed by atoms with E-state index in [-0.39, 0.29) is 0 Å². The van der Waals surface area contributed by atoms with Crippen LogP contribution in [0.1, 0.15) is 0 Å². The van der Waals surface area contributed by atoms with Crippen molar-refractivity contribution < 1.29 is 4.40 Å². The molecule has 2 aromatic heterocycles. The Labute approximate surface area is 110 Å². The highest BCUT2D eigenvalue weighted by Crippen LogP contribution is 2.22. The van der Waals surface area contributed by atoms with Crippen LogP contribution in [0.2, 0.25) is 0 Å². The van der Waals surface area contributed by atoms with Gasteiger partial charge in [-0.15, -0.1) is 0 Å². The lowest BCUT2D eigenvalue weighted by atomic mass is 10.1. The SMILES string of the molecule is Nc1cc2ccc3ccccc3[n+]2c2ccccc12. The van der Waals surface area contributed by atoms with Gasteiger partial charge in [0.2, 0.25) is 16.6 Å². The van der Waals surface area contributed by atoms with Gasteiger partial charge < -0.3 is 5.73 Å². The Balaban J connectivity index is 2.39. The summed E-state index contributed by atoms with van der Waals surface area (Å²) in [4.78, 5) is 0. The molecule has 2 N–H and O–H groups in total. The summed E-state index contributed by atoms with van der Waals surface area (Å²) in [5, 5.41) is 2.33. The van der Waals surface area contributed by atoms with Gasteiger partial charge in [0.05, 0.1) is 11.1 Å².